The average Bonchev–Trinajstić information content (AvgIpc) is 2.42. The van der Waals surface area contributed by atoms with Gasteiger partial charge in [0.2, 0.25) is 0 Å². The molecule has 0 saturated carbocycles. The summed E-state index contributed by atoms with van der Waals surface area (Å²) in [6.45, 7) is 11.1. The fourth-order valence-corrected chi connectivity index (χ4v) is 2.89. The molecule has 0 unspecified atom stereocenters. The van der Waals surface area contributed by atoms with Crippen molar-refractivity contribution in [3.05, 3.63) is 0 Å². The van der Waals surface area contributed by atoms with Crippen LogP contribution in [0.25, 0.3) is 0 Å². The highest BCUT2D eigenvalue weighted by Crippen LogP contribution is 2.09. The van der Waals surface area contributed by atoms with E-state index in [0.717, 1.165) is 5.92 Å². The van der Waals surface area contributed by atoms with Gasteiger partial charge in [0.05, 0.1) is 0 Å². The number of nitrogens with zero attached hydrogens (tertiary/aromatic N) is 2. The summed E-state index contributed by atoms with van der Waals surface area (Å²) in [7, 11) is 2.22. The number of likely N-dealkylation sites (N-methyl/N-ethyl adjacent to an activating group) is 1. The molecule has 4 heteroatoms. The van der Waals surface area contributed by atoms with E-state index in [4.69, 9.17) is 0 Å². The highest BCUT2D eigenvalue weighted by Gasteiger charge is 2.13. The number of hydrogen-bond acceptors (Lipinski definition) is 4. The molecule has 2 fully saturated rings. The highest BCUT2D eigenvalue weighted by atomic mass is 15.2. The number of nitrogens with one attached hydrogen (secondary N) is 2. The van der Waals surface area contributed by atoms with Gasteiger partial charge in [0.1, 0.15) is 0 Å². The molecule has 0 aromatic carbocycles. The molecule has 0 bridgehead atoms. The fraction of sp³-hybridized carbons (Fsp3) is 1.00. The summed E-state index contributed by atoms with van der Waals surface area (Å²) in [5.41, 5.74) is 0. The third-order valence-electron chi connectivity index (χ3n) is 4.32. The first-order chi connectivity index (χ1) is 8.84. The van der Waals surface area contributed by atoms with E-state index in [-0.39, 0.29) is 0 Å². The van der Waals surface area contributed by atoms with E-state index in [2.05, 4.69) is 27.5 Å². The predicted molar refractivity (Wildman–Crippen MR) is 77.0 cm³/mol. The van der Waals surface area contributed by atoms with Crippen LogP contribution in [-0.4, -0.2) is 75.8 Å². The van der Waals surface area contributed by atoms with Crippen LogP contribution in [-0.2, 0) is 0 Å². The van der Waals surface area contributed by atoms with Gasteiger partial charge in [-0.15, -0.1) is 0 Å². The zero-order valence-electron chi connectivity index (χ0n) is 12.0. The van der Waals surface area contributed by atoms with E-state index in [1.165, 1.54) is 78.2 Å². The quantitative estimate of drug-likeness (QED) is 0.664. The molecule has 2 aliphatic rings. The molecule has 0 aromatic heterocycles. The lowest BCUT2D eigenvalue weighted by atomic mass is 9.98. The Morgan fingerprint density at radius 2 is 1.83 bits per heavy atom. The van der Waals surface area contributed by atoms with Crippen LogP contribution in [0.1, 0.15) is 19.3 Å². The molecular weight excluding hydrogens is 224 g/mol. The smallest absolute Gasteiger partial charge is 0.0110 e. The van der Waals surface area contributed by atoms with Crippen molar-refractivity contribution in [1.82, 2.24) is 20.4 Å². The van der Waals surface area contributed by atoms with E-state index < -0.39 is 0 Å². The van der Waals surface area contributed by atoms with Gasteiger partial charge in [0.25, 0.3) is 0 Å². The van der Waals surface area contributed by atoms with Crippen LogP contribution in [0.5, 0.6) is 0 Å². The van der Waals surface area contributed by atoms with E-state index in [0.29, 0.717) is 0 Å². The molecule has 0 amide bonds. The lowest BCUT2D eigenvalue weighted by molar-refractivity contribution is 0.152. The second-order valence-electron chi connectivity index (χ2n) is 5.90. The molecule has 106 valence electrons. The summed E-state index contributed by atoms with van der Waals surface area (Å²) in [4.78, 5) is 5.03. The maximum absolute atomic E-state index is 3.64. The first-order valence-corrected chi connectivity index (χ1v) is 7.67. The van der Waals surface area contributed by atoms with Crippen molar-refractivity contribution < 1.29 is 0 Å². The minimum absolute atomic E-state index is 0.912. The van der Waals surface area contributed by atoms with Gasteiger partial charge in [-0.2, -0.15) is 0 Å². The second-order valence-corrected chi connectivity index (χ2v) is 5.90. The Morgan fingerprint density at radius 1 is 1.11 bits per heavy atom. The van der Waals surface area contributed by atoms with Crippen LogP contribution < -0.4 is 10.6 Å². The zero-order chi connectivity index (χ0) is 12.6. The summed E-state index contributed by atoms with van der Waals surface area (Å²) < 4.78 is 0. The summed E-state index contributed by atoms with van der Waals surface area (Å²) in [5, 5.41) is 7.06. The van der Waals surface area contributed by atoms with E-state index in [1.807, 2.05) is 0 Å². The summed E-state index contributed by atoms with van der Waals surface area (Å²) in [5.74, 6) is 0.912. The summed E-state index contributed by atoms with van der Waals surface area (Å²) >= 11 is 0. The van der Waals surface area contributed by atoms with Crippen LogP contribution in [0.15, 0.2) is 0 Å². The molecule has 2 N–H and O–H groups in total. The van der Waals surface area contributed by atoms with Crippen molar-refractivity contribution >= 4 is 0 Å². The molecule has 0 aliphatic carbocycles. The molecule has 2 heterocycles. The topological polar surface area (TPSA) is 30.5 Å². The maximum atomic E-state index is 3.64. The number of piperidine rings is 1. The molecule has 4 nitrogen and oxygen atoms in total. The second kappa shape index (κ2) is 8.10. The van der Waals surface area contributed by atoms with Crippen LogP contribution in [0, 0.1) is 5.92 Å². The lowest BCUT2D eigenvalue weighted by Gasteiger charge is -2.32. The molecular formula is C14H30N4. The van der Waals surface area contributed by atoms with Crippen LogP contribution >= 0.6 is 0 Å². The molecule has 0 radical (unpaired) electrons. The minimum atomic E-state index is 0.912. The standard InChI is InChI=1S/C14H30N4/c1-17-9-11-18(12-10-17)8-2-5-16-13-14-3-6-15-7-4-14/h14-16H,2-13H2,1H3. The van der Waals surface area contributed by atoms with Crippen LogP contribution in [0.3, 0.4) is 0 Å². The van der Waals surface area contributed by atoms with Crippen molar-refractivity contribution in [1.29, 1.82) is 0 Å². The van der Waals surface area contributed by atoms with Gasteiger partial charge in [-0.05, 0) is 65.0 Å². The Labute approximate surface area is 112 Å². The third-order valence-corrected chi connectivity index (χ3v) is 4.32. The molecule has 2 rings (SSSR count). The van der Waals surface area contributed by atoms with Crippen molar-refractivity contribution in [3.63, 3.8) is 0 Å². The van der Waals surface area contributed by atoms with Crippen LogP contribution in [0.2, 0.25) is 0 Å². The first-order valence-electron chi connectivity index (χ1n) is 7.67. The molecule has 18 heavy (non-hydrogen) atoms. The van der Waals surface area contributed by atoms with Crippen molar-refractivity contribution in [2.75, 3.05) is 66.0 Å². The van der Waals surface area contributed by atoms with E-state index in [9.17, 15) is 0 Å². The van der Waals surface area contributed by atoms with Gasteiger partial charge in [0.15, 0.2) is 0 Å². The normalized spacial score (nSPS) is 24.5. The van der Waals surface area contributed by atoms with E-state index >= 15 is 0 Å². The summed E-state index contributed by atoms with van der Waals surface area (Å²) in [6.07, 6.45) is 4.01. The highest BCUT2D eigenvalue weighted by molar-refractivity contribution is 4.72. The largest absolute Gasteiger partial charge is 0.317 e. The SMILES string of the molecule is CN1CCN(CCCNCC2CCNCC2)CC1. The Bertz CT molecular complexity index is 208. The van der Waals surface area contributed by atoms with Crippen molar-refractivity contribution in [2.24, 2.45) is 5.92 Å². The Kier molecular flexibility index (Phi) is 6.41. The Balaban J connectivity index is 1.43. The first kappa shape index (κ1) is 14.3. The number of rotatable bonds is 6. The van der Waals surface area contributed by atoms with Gasteiger partial charge in [0, 0.05) is 26.2 Å². The molecule has 0 spiro atoms. The third kappa shape index (κ3) is 5.22. The van der Waals surface area contributed by atoms with Gasteiger partial charge < -0.3 is 20.4 Å². The number of hydrogen-bond donors (Lipinski definition) is 2. The molecule has 2 aliphatic heterocycles. The van der Waals surface area contributed by atoms with Crippen LogP contribution in [0.4, 0.5) is 0 Å². The predicted octanol–water partition coefficient (Wildman–Crippen LogP) is 0.213. The number of piperazine rings is 1. The minimum Gasteiger partial charge on any atom is -0.317 e. The van der Waals surface area contributed by atoms with Crippen molar-refractivity contribution in [3.8, 4) is 0 Å². The summed E-state index contributed by atoms with van der Waals surface area (Å²) in [6, 6.07) is 0. The van der Waals surface area contributed by atoms with Gasteiger partial charge in [-0.1, -0.05) is 0 Å². The van der Waals surface area contributed by atoms with Gasteiger partial charge in [-0.3, -0.25) is 0 Å². The maximum Gasteiger partial charge on any atom is 0.0110 e. The average molecular weight is 254 g/mol. The van der Waals surface area contributed by atoms with Gasteiger partial charge in [-0.25, -0.2) is 0 Å². The molecule has 2 saturated heterocycles. The van der Waals surface area contributed by atoms with Crippen molar-refractivity contribution in [2.45, 2.75) is 19.3 Å². The fourth-order valence-electron chi connectivity index (χ4n) is 2.89. The Morgan fingerprint density at radius 3 is 2.56 bits per heavy atom. The monoisotopic (exact) mass is 254 g/mol. The van der Waals surface area contributed by atoms with Gasteiger partial charge >= 0.3 is 0 Å². The Hall–Kier alpha value is -0.160. The zero-order valence-corrected chi connectivity index (χ0v) is 12.0. The molecule has 0 atom stereocenters. The molecule has 0 aromatic rings. The van der Waals surface area contributed by atoms with E-state index in [1.54, 1.807) is 0 Å². The lowest BCUT2D eigenvalue weighted by Crippen LogP contribution is -2.45.